The van der Waals surface area contributed by atoms with Crippen LogP contribution in [0.1, 0.15) is 72.6 Å². The van der Waals surface area contributed by atoms with Crippen molar-refractivity contribution in [3.05, 3.63) is 0 Å². The Morgan fingerprint density at radius 1 is 1.06 bits per heavy atom. The number of hydrogen-bond donors (Lipinski definition) is 1. The molecule has 18 heavy (non-hydrogen) atoms. The summed E-state index contributed by atoms with van der Waals surface area (Å²) in [5, 5.41) is 3.75. The third kappa shape index (κ3) is 3.71. The van der Waals surface area contributed by atoms with Crippen molar-refractivity contribution >= 4 is 0 Å². The van der Waals surface area contributed by atoms with Crippen LogP contribution in [0.15, 0.2) is 0 Å². The molecule has 0 aromatic heterocycles. The Labute approximate surface area is 113 Å². The van der Waals surface area contributed by atoms with Gasteiger partial charge < -0.3 is 10.1 Å². The van der Waals surface area contributed by atoms with E-state index in [0.717, 1.165) is 18.9 Å². The fraction of sp³-hybridized carbons (Fsp3) is 1.00. The highest BCUT2D eigenvalue weighted by Crippen LogP contribution is 2.37. The Hall–Kier alpha value is -0.0800. The zero-order valence-electron chi connectivity index (χ0n) is 12.7. The van der Waals surface area contributed by atoms with Crippen LogP contribution in [0.2, 0.25) is 0 Å². The first-order chi connectivity index (χ1) is 8.39. The van der Waals surface area contributed by atoms with E-state index in [1.165, 1.54) is 38.5 Å². The second kappa shape index (κ2) is 5.50. The van der Waals surface area contributed by atoms with Gasteiger partial charge in [0.25, 0.3) is 0 Å². The predicted molar refractivity (Wildman–Crippen MR) is 76.8 cm³/mol. The molecule has 2 nitrogen and oxygen atoms in total. The second-order valence-electron chi connectivity index (χ2n) is 7.47. The molecule has 0 radical (unpaired) electrons. The lowest BCUT2D eigenvalue weighted by Crippen LogP contribution is -2.44. The average molecular weight is 253 g/mol. The Morgan fingerprint density at radius 2 is 1.72 bits per heavy atom. The molecule has 0 amide bonds. The summed E-state index contributed by atoms with van der Waals surface area (Å²) < 4.78 is 6.13. The van der Waals surface area contributed by atoms with E-state index in [-0.39, 0.29) is 11.2 Å². The first-order valence-corrected chi connectivity index (χ1v) is 7.83. The lowest BCUT2D eigenvalue weighted by atomic mass is 9.86. The van der Waals surface area contributed by atoms with Gasteiger partial charge in [0.05, 0.1) is 11.2 Å². The smallest absolute Gasteiger partial charge is 0.0787 e. The van der Waals surface area contributed by atoms with Gasteiger partial charge in [-0.2, -0.15) is 0 Å². The average Bonchev–Trinajstić information content (AvgIpc) is 2.48. The van der Waals surface area contributed by atoms with Gasteiger partial charge in [0.15, 0.2) is 0 Å². The molecule has 1 N–H and O–H groups in total. The number of nitrogens with one attached hydrogen (secondary N) is 1. The van der Waals surface area contributed by atoms with E-state index in [2.05, 4.69) is 33.0 Å². The van der Waals surface area contributed by atoms with E-state index >= 15 is 0 Å². The van der Waals surface area contributed by atoms with Gasteiger partial charge in [-0.1, -0.05) is 32.1 Å². The number of hydrogen-bond acceptors (Lipinski definition) is 2. The minimum Gasteiger partial charge on any atom is -0.368 e. The van der Waals surface area contributed by atoms with Gasteiger partial charge in [0.2, 0.25) is 0 Å². The first-order valence-electron chi connectivity index (χ1n) is 7.83. The van der Waals surface area contributed by atoms with Crippen LogP contribution in [-0.2, 0) is 4.74 Å². The third-order valence-corrected chi connectivity index (χ3v) is 4.74. The van der Waals surface area contributed by atoms with Crippen molar-refractivity contribution in [1.82, 2.24) is 5.32 Å². The van der Waals surface area contributed by atoms with Crippen LogP contribution in [0.3, 0.4) is 0 Å². The van der Waals surface area contributed by atoms with E-state index in [1.807, 2.05) is 0 Å². The Bertz CT molecular complexity index is 266. The summed E-state index contributed by atoms with van der Waals surface area (Å²) in [6.45, 7) is 10.0. The van der Waals surface area contributed by atoms with Crippen molar-refractivity contribution < 1.29 is 4.74 Å². The number of ether oxygens (including phenoxy) is 1. The van der Waals surface area contributed by atoms with Gasteiger partial charge in [-0.25, -0.2) is 0 Å². The maximum Gasteiger partial charge on any atom is 0.0787 e. The molecular weight excluding hydrogens is 222 g/mol. The molecule has 2 rings (SSSR count). The van der Waals surface area contributed by atoms with Crippen molar-refractivity contribution in [3.63, 3.8) is 0 Å². The fourth-order valence-corrected chi connectivity index (χ4v) is 3.82. The fourth-order valence-electron chi connectivity index (χ4n) is 3.82. The molecule has 1 atom stereocenters. The van der Waals surface area contributed by atoms with E-state index in [1.54, 1.807) is 0 Å². The van der Waals surface area contributed by atoms with Crippen molar-refractivity contribution in [2.24, 2.45) is 5.92 Å². The maximum absolute atomic E-state index is 6.13. The van der Waals surface area contributed by atoms with Gasteiger partial charge in [-0.05, 0) is 53.0 Å². The zero-order chi connectivity index (χ0) is 13.2. The zero-order valence-corrected chi connectivity index (χ0v) is 12.7. The van der Waals surface area contributed by atoms with Crippen LogP contribution < -0.4 is 5.32 Å². The van der Waals surface area contributed by atoms with Crippen LogP contribution >= 0.6 is 0 Å². The molecule has 0 bridgehead atoms. The van der Waals surface area contributed by atoms with Crippen molar-refractivity contribution in [2.75, 3.05) is 6.54 Å². The predicted octanol–water partition coefficient (Wildman–Crippen LogP) is 3.89. The lowest BCUT2D eigenvalue weighted by Gasteiger charge is -2.29. The van der Waals surface area contributed by atoms with Crippen LogP contribution in [0.4, 0.5) is 0 Å². The summed E-state index contributed by atoms with van der Waals surface area (Å²) in [5.41, 5.74) is 0.0159. The SMILES string of the molecule is CC1(C)CC(NCCC2CCCCC2)C(C)(C)O1. The summed E-state index contributed by atoms with van der Waals surface area (Å²) in [5.74, 6) is 0.977. The van der Waals surface area contributed by atoms with Crippen LogP contribution in [0.25, 0.3) is 0 Å². The third-order valence-electron chi connectivity index (χ3n) is 4.74. The number of rotatable bonds is 4. The molecule has 2 aliphatic rings. The van der Waals surface area contributed by atoms with Crippen LogP contribution in [0.5, 0.6) is 0 Å². The van der Waals surface area contributed by atoms with E-state index in [0.29, 0.717) is 6.04 Å². The molecule has 2 fully saturated rings. The van der Waals surface area contributed by atoms with Crippen molar-refractivity contribution in [2.45, 2.75) is 89.9 Å². The summed E-state index contributed by atoms with van der Waals surface area (Å²) >= 11 is 0. The standard InChI is InChI=1S/C16H31NO/c1-15(2)12-14(16(3,4)18-15)17-11-10-13-8-6-5-7-9-13/h13-14,17H,5-12H2,1-4H3. The molecular formula is C16H31NO. The Morgan fingerprint density at radius 3 is 2.28 bits per heavy atom. The molecule has 1 heterocycles. The largest absolute Gasteiger partial charge is 0.368 e. The molecule has 1 aliphatic heterocycles. The molecule has 1 unspecified atom stereocenters. The van der Waals surface area contributed by atoms with Gasteiger partial charge in [-0.3, -0.25) is 0 Å². The minimum atomic E-state index is -0.0178. The molecule has 2 heteroatoms. The molecule has 1 saturated carbocycles. The molecule has 0 aromatic rings. The Kier molecular flexibility index (Phi) is 4.38. The summed E-state index contributed by atoms with van der Waals surface area (Å²) in [7, 11) is 0. The van der Waals surface area contributed by atoms with E-state index in [9.17, 15) is 0 Å². The normalized spacial score (nSPS) is 31.7. The summed E-state index contributed by atoms with van der Waals surface area (Å²) in [6, 6.07) is 0.510. The van der Waals surface area contributed by atoms with Gasteiger partial charge in [0, 0.05) is 6.04 Å². The molecule has 1 aliphatic carbocycles. The summed E-state index contributed by atoms with van der Waals surface area (Å²) in [6.07, 6.45) is 9.76. The molecule has 0 spiro atoms. The van der Waals surface area contributed by atoms with E-state index < -0.39 is 0 Å². The van der Waals surface area contributed by atoms with Crippen LogP contribution in [-0.4, -0.2) is 23.8 Å². The topological polar surface area (TPSA) is 21.3 Å². The van der Waals surface area contributed by atoms with Crippen molar-refractivity contribution in [1.29, 1.82) is 0 Å². The quantitative estimate of drug-likeness (QED) is 0.820. The molecule has 1 saturated heterocycles. The molecule has 0 aromatic carbocycles. The second-order valence-corrected chi connectivity index (χ2v) is 7.47. The summed E-state index contributed by atoms with van der Waals surface area (Å²) in [4.78, 5) is 0. The van der Waals surface area contributed by atoms with Gasteiger partial charge >= 0.3 is 0 Å². The van der Waals surface area contributed by atoms with Crippen molar-refractivity contribution in [3.8, 4) is 0 Å². The molecule has 106 valence electrons. The first kappa shape index (κ1) is 14.3. The van der Waals surface area contributed by atoms with E-state index in [4.69, 9.17) is 4.74 Å². The highest BCUT2D eigenvalue weighted by Gasteiger charge is 2.45. The van der Waals surface area contributed by atoms with Gasteiger partial charge in [0.1, 0.15) is 0 Å². The van der Waals surface area contributed by atoms with Crippen LogP contribution in [0, 0.1) is 5.92 Å². The van der Waals surface area contributed by atoms with Gasteiger partial charge in [-0.15, -0.1) is 0 Å². The highest BCUT2D eigenvalue weighted by molar-refractivity contribution is 4.98. The highest BCUT2D eigenvalue weighted by atomic mass is 16.5. The monoisotopic (exact) mass is 253 g/mol. The minimum absolute atomic E-state index is 0.0178. The Balaban J connectivity index is 1.73. The lowest BCUT2D eigenvalue weighted by molar-refractivity contribution is -0.0698. The maximum atomic E-state index is 6.13.